The topological polar surface area (TPSA) is 61.4 Å². The molecule has 5 nitrogen and oxygen atoms in total. The van der Waals surface area contributed by atoms with Gasteiger partial charge in [0, 0.05) is 30.7 Å². The number of hydrogen-bond acceptors (Lipinski definition) is 3. The molecule has 2 fully saturated rings. The minimum Gasteiger partial charge on any atom is -0.351 e. The average Bonchev–Trinajstić information content (AvgIpc) is 2.97. The lowest BCUT2D eigenvalue weighted by Gasteiger charge is -2.33. The molecule has 2 saturated heterocycles. The van der Waals surface area contributed by atoms with Crippen molar-refractivity contribution in [3.05, 3.63) is 29.8 Å². The number of benzene rings is 1. The number of anilines is 1. The van der Waals surface area contributed by atoms with E-state index in [4.69, 9.17) is 0 Å². The summed E-state index contributed by atoms with van der Waals surface area (Å²) >= 11 is 0. The molecule has 0 bridgehead atoms. The van der Waals surface area contributed by atoms with Crippen LogP contribution < -0.4 is 10.6 Å². The van der Waals surface area contributed by atoms with Crippen LogP contribution in [0.3, 0.4) is 0 Å². The van der Waals surface area contributed by atoms with Gasteiger partial charge in [-0.25, -0.2) is 0 Å². The zero-order valence-electron chi connectivity index (χ0n) is 13.3. The Labute approximate surface area is 136 Å². The van der Waals surface area contributed by atoms with Crippen LogP contribution in [-0.4, -0.2) is 41.9 Å². The van der Waals surface area contributed by atoms with Crippen molar-refractivity contribution in [3.63, 3.8) is 0 Å². The number of rotatable bonds is 2. The van der Waals surface area contributed by atoms with Gasteiger partial charge in [0.1, 0.15) is 0 Å². The van der Waals surface area contributed by atoms with Gasteiger partial charge in [-0.15, -0.1) is 0 Å². The molecule has 0 radical (unpaired) electrons. The van der Waals surface area contributed by atoms with Crippen LogP contribution in [0.2, 0.25) is 0 Å². The van der Waals surface area contributed by atoms with Gasteiger partial charge in [-0.3, -0.25) is 14.5 Å². The summed E-state index contributed by atoms with van der Waals surface area (Å²) in [5.74, 6) is -0.433. The third-order valence-electron chi connectivity index (χ3n) is 5.50. The standard InChI is InChI=1S/C18H23N3O2/c22-17-11-13(12-5-1-2-6-14(12)19-17)18(23)20-15-8-10-21-9-4-3-7-16(15)21/h1-2,5-6,13,15-16H,3-4,7-11H2,(H,19,22)(H,20,23)/t13-,15-,16+/m0/s1. The molecule has 0 saturated carbocycles. The van der Waals surface area contributed by atoms with Crippen molar-refractivity contribution in [1.82, 2.24) is 10.2 Å². The second kappa shape index (κ2) is 5.96. The maximum absolute atomic E-state index is 12.8. The smallest absolute Gasteiger partial charge is 0.228 e. The molecule has 1 aromatic rings. The Morgan fingerprint density at radius 3 is 2.96 bits per heavy atom. The molecule has 1 aromatic carbocycles. The van der Waals surface area contributed by atoms with Crippen LogP contribution in [0.5, 0.6) is 0 Å². The SMILES string of the molecule is O=C1C[C@H](C(=O)N[C@H]2CCN3CCCC[C@H]23)c2ccccc2N1. The van der Waals surface area contributed by atoms with E-state index in [1.54, 1.807) is 0 Å². The Balaban J connectivity index is 1.50. The Bertz CT molecular complexity index is 630. The van der Waals surface area contributed by atoms with Gasteiger partial charge in [0.05, 0.1) is 5.92 Å². The fourth-order valence-corrected chi connectivity index (χ4v) is 4.34. The number of piperidine rings is 1. The first-order valence-electron chi connectivity index (χ1n) is 8.65. The molecule has 122 valence electrons. The molecule has 3 aliphatic heterocycles. The summed E-state index contributed by atoms with van der Waals surface area (Å²) in [6.45, 7) is 2.24. The maximum atomic E-state index is 12.8. The number of carbonyl (C=O) groups excluding carboxylic acids is 2. The minimum absolute atomic E-state index is 0.00437. The number of para-hydroxylation sites is 1. The highest BCUT2D eigenvalue weighted by molar-refractivity contribution is 6.01. The summed E-state index contributed by atoms with van der Waals surface area (Å²) < 4.78 is 0. The van der Waals surface area contributed by atoms with E-state index in [-0.39, 0.29) is 30.2 Å². The molecule has 0 unspecified atom stereocenters. The van der Waals surface area contributed by atoms with E-state index in [1.165, 1.54) is 19.3 Å². The van der Waals surface area contributed by atoms with Crippen molar-refractivity contribution in [2.24, 2.45) is 0 Å². The van der Waals surface area contributed by atoms with E-state index >= 15 is 0 Å². The highest BCUT2D eigenvalue weighted by Gasteiger charge is 2.38. The lowest BCUT2D eigenvalue weighted by atomic mass is 9.89. The van der Waals surface area contributed by atoms with Gasteiger partial charge < -0.3 is 10.6 Å². The third-order valence-corrected chi connectivity index (χ3v) is 5.50. The number of fused-ring (bicyclic) bond motifs is 2. The van der Waals surface area contributed by atoms with Gasteiger partial charge in [0.25, 0.3) is 0 Å². The zero-order chi connectivity index (χ0) is 15.8. The van der Waals surface area contributed by atoms with Crippen molar-refractivity contribution in [1.29, 1.82) is 0 Å². The second-order valence-corrected chi connectivity index (χ2v) is 6.89. The molecular formula is C18H23N3O2. The quantitative estimate of drug-likeness (QED) is 0.876. The van der Waals surface area contributed by atoms with Crippen molar-refractivity contribution >= 4 is 17.5 Å². The summed E-state index contributed by atoms with van der Waals surface area (Å²) in [5.41, 5.74) is 1.71. The molecule has 2 N–H and O–H groups in total. The molecule has 0 aliphatic carbocycles. The molecular weight excluding hydrogens is 290 g/mol. The number of nitrogens with zero attached hydrogens (tertiary/aromatic N) is 1. The molecule has 5 heteroatoms. The van der Waals surface area contributed by atoms with E-state index in [1.807, 2.05) is 24.3 Å². The van der Waals surface area contributed by atoms with E-state index in [9.17, 15) is 9.59 Å². The molecule has 3 aliphatic rings. The summed E-state index contributed by atoms with van der Waals surface area (Å²) in [6, 6.07) is 8.34. The van der Waals surface area contributed by atoms with Crippen LogP contribution >= 0.6 is 0 Å². The Kier molecular flexibility index (Phi) is 3.81. The molecule has 2 amide bonds. The van der Waals surface area contributed by atoms with Crippen LogP contribution in [0.25, 0.3) is 0 Å². The lowest BCUT2D eigenvalue weighted by molar-refractivity contribution is -0.127. The Hall–Kier alpha value is -1.88. The highest BCUT2D eigenvalue weighted by atomic mass is 16.2. The fraction of sp³-hybridized carbons (Fsp3) is 0.556. The van der Waals surface area contributed by atoms with E-state index in [0.29, 0.717) is 6.04 Å². The third kappa shape index (κ3) is 2.74. The van der Waals surface area contributed by atoms with Gasteiger partial charge in [0.2, 0.25) is 11.8 Å². The Morgan fingerprint density at radius 2 is 2.04 bits per heavy atom. The van der Waals surface area contributed by atoms with Gasteiger partial charge in [-0.1, -0.05) is 24.6 Å². The molecule has 0 aromatic heterocycles. The first kappa shape index (κ1) is 14.7. The van der Waals surface area contributed by atoms with E-state index < -0.39 is 0 Å². The highest BCUT2D eigenvalue weighted by Crippen LogP contribution is 2.33. The van der Waals surface area contributed by atoms with E-state index in [0.717, 1.165) is 30.8 Å². The number of nitrogens with one attached hydrogen (secondary N) is 2. The van der Waals surface area contributed by atoms with E-state index in [2.05, 4.69) is 15.5 Å². The van der Waals surface area contributed by atoms with Gasteiger partial charge in [-0.2, -0.15) is 0 Å². The molecule has 0 spiro atoms. The summed E-state index contributed by atoms with van der Waals surface area (Å²) in [6.07, 6.45) is 4.96. The number of amides is 2. The van der Waals surface area contributed by atoms with Crippen LogP contribution in [0.15, 0.2) is 24.3 Å². The first-order chi connectivity index (χ1) is 11.2. The predicted octanol–water partition coefficient (Wildman–Crippen LogP) is 1.86. The minimum atomic E-state index is -0.363. The summed E-state index contributed by atoms with van der Waals surface area (Å²) in [5, 5.41) is 6.11. The zero-order valence-corrected chi connectivity index (χ0v) is 13.3. The molecule has 3 heterocycles. The van der Waals surface area contributed by atoms with Crippen LogP contribution in [0.1, 0.15) is 43.6 Å². The number of hydrogen-bond donors (Lipinski definition) is 2. The van der Waals surface area contributed by atoms with Crippen LogP contribution in [0.4, 0.5) is 5.69 Å². The molecule has 4 rings (SSSR count). The van der Waals surface area contributed by atoms with Crippen molar-refractivity contribution < 1.29 is 9.59 Å². The van der Waals surface area contributed by atoms with Crippen molar-refractivity contribution in [3.8, 4) is 0 Å². The predicted molar refractivity (Wildman–Crippen MR) is 88.2 cm³/mol. The summed E-state index contributed by atoms with van der Waals surface area (Å²) in [4.78, 5) is 27.2. The monoisotopic (exact) mass is 313 g/mol. The van der Waals surface area contributed by atoms with Gasteiger partial charge >= 0.3 is 0 Å². The Morgan fingerprint density at radius 1 is 1.17 bits per heavy atom. The largest absolute Gasteiger partial charge is 0.351 e. The van der Waals surface area contributed by atoms with Gasteiger partial charge in [0.15, 0.2) is 0 Å². The number of carbonyl (C=O) groups is 2. The average molecular weight is 313 g/mol. The lowest BCUT2D eigenvalue weighted by Crippen LogP contribution is -2.48. The molecule has 23 heavy (non-hydrogen) atoms. The maximum Gasteiger partial charge on any atom is 0.228 e. The van der Waals surface area contributed by atoms with Crippen molar-refractivity contribution in [2.45, 2.75) is 50.1 Å². The fourth-order valence-electron chi connectivity index (χ4n) is 4.34. The van der Waals surface area contributed by atoms with Crippen molar-refractivity contribution in [2.75, 3.05) is 18.4 Å². The second-order valence-electron chi connectivity index (χ2n) is 6.89. The first-order valence-corrected chi connectivity index (χ1v) is 8.65. The normalized spacial score (nSPS) is 30.3. The van der Waals surface area contributed by atoms with Gasteiger partial charge in [-0.05, 0) is 37.4 Å². The van der Waals surface area contributed by atoms with Crippen LogP contribution in [0, 0.1) is 0 Å². The van der Waals surface area contributed by atoms with Crippen LogP contribution in [-0.2, 0) is 9.59 Å². The summed E-state index contributed by atoms with van der Waals surface area (Å²) in [7, 11) is 0. The molecule has 3 atom stereocenters.